The lowest BCUT2D eigenvalue weighted by atomic mass is 10.1. The predicted octanol–water partition coefficient (Wildman–Crippen LogP) is 3.68. The Balaban J connectivity index is 2.64. The molecule has 0 spiro atoms. The molecule has 1 unspecified atom stereocenters. The molecule has 0 aliphatic rings. The van der Waals surface area contributed by atoms with Gasteiger partial charge in [-0.1, -0.05) is 22.9 Å². The van der Waals surface area contributed by atoms with E-state index in [0.717, 1.165) is 16.6 Å². The first-order valence-corrected chi connectivity index (χ1v) is 6.59. The molecule has 0 radical (unpaired) electrons. The lowest BCUT2D eigenvalue weighted by Gasteiger charge is -2.17. The van der Waals surface area contributed by atoms with Gasteiger partial charge in [0.15, 0.2) is 0 Å². The quantitative estimate of drug-likeness (QED) is 0.842. The van der Waals surface area contributed by atoms with Crippen LogP contribution in [0.3, 0.4) is 0 Å². The van der Waals surface area contributed by atoms with Gasteiger partial charge < -0.3 is 10.4 Å². The van der Waals surface area contributed by atoms with Crippen LogP contribution in [0.25, 0.3) is 0 Å². The monoisotopic (exact) mass is 299 g/mol. The molecule has 4 heteroatoms. The third kappa shape index (κ3) is 4.77. The van der Waals surface area contributed by atoms with Crippen LogP contribution in [0.15, 0.2) is 22.7 Å². The molecule has 0 fully saturated rings. The highest BCUT2D eigenvalue weighted by Crippen LogP contribution is 2.22. The van der Waals surface area contributed by atoms with Crippen molar-refractivity contribution >= 4 is 27.6 Å². The van der Waals surface area contributed by atoms with Crippen molar-refractivity contribution in [3.63, 3.8) is 0 Å². The largest absolute Gasteiger partial charge is 0.481 e. The van der Waals surface area contributed by atoms with Crippen molar-refractivity contribution in [3.8, 4) is 0 Å². The van der Waals surface area contributed by atoms with E-state index in [2.05, 4.69) is 34.2 Å². The van der Waals surface area contributed by atoms with Crippen molar-refractivity contribution in [1.82, 2.24) is 0 Å². The summed E-state index contributed by atoms with van der Waals surface area (Å²) in [5.74, 6) is -0.745. The minimum absolute atomic E-state index is 0.164. The fourth-order valence-electron chi connectivity index (χ4n) is 1.67. The Morgan fingerprint density at radius 1 is 1.53 bits per heavy atom. The van der Waals surface area contributed by atoms with E-state index in [1.165, 1.54) is 5.56 Å². The third-order valence-corrected chi connectivity index (χ3v) is 3.13. The smallest absolute Gasteiger partial charge is 0.303 e. The van der Waals surface area contributed by atoms with Gasteiger partial charge in [0.1, 0.15) is 0 Å². The molecule has 0 aliphatic heterocycles. The molecule has 1 aromatic rings. The number of carboxylic acids is 1. The second-order valence-corrected chi connectivity index (χ2v) is 5.05. The molecule has 17 heavy (non-hydrogen) atoms. The number of hydrogen-bond acceptors (Lipinski definition) is 2. The summed E-state index contributed by atoms with van der Waals surface area (Å²) in [6.45, 7) is 4.11. The fraction of sp³-hybridized carbons (Fsp3) is 0.462. The minimum Gasteiger partial charge on any atom is -0.481 e. The summed E-state index contributed by atoms with van der Waals surface area (Å²) in [6.07, 6.45) is 1.79. The third-order valence-electron chi connectivity index (χ3n) is 2.64. The second-order valence-electron chi connectivity index (χ2n) is 4.13. The number of anilines is 1. The number of benzene rings is 1. The number of hydrogen-bond donors (Lipinski definition) is 2. The number of carbonyl (C=O) groups is 1. The number of rotatable bonds is 6. The van der Waals surface area contributed by atoms with Crippen molar-refractivity contribution in [2.75, 3.05) is 5.32 Å². The van der Waals surface area contributed by atoms with E-state index in [9.17, 15) is 4.79 Å². The number of aliphatic carboxylic acids is 1. The topological polar surface area (TPSA) is 49.3 Å². The van der Waals surface area contributed by atoms with Gasteiger partial charge in [0, 0.05) is 22.6 Å². The van der Waals surface area contributed by atoms with E-state index in [4.69, 9.17) is 5.11 Å². The lowest BCUT2D eigenvalue weighted by Crippen LogP contribution is -2.17. The van der Waals surface area contributed by atoms with Gasteiger partial charge in [0.2, 0.25) is 0 Å². The van der Waals surface area contributed by atoms with Gasteiger partial charge in [-0.25, -0.2) is 0 Å². The summed E-state index contributed by atoms with van der Waals surface area (Å²) >= 11 is 3.45. The van der Waals surface area contributed by atoms with Crippen molar-refractivity contribution in [3.05, 3.63) is 28.2 Å². The molecule has 1 atom stereocenters. The first-order valence-electron chi connectivity index (χ1n) is 5.79. The molecule has 0 aliphatic carbocycles. The predicted molar refractivity (Wildman–Crippen MR) is 73.5 cm³/mol. The van der Waals surface area contributed by atoms with Gasteiger partial charge in [-0.2, -0.15) is 0 Å². The normalized spacial score (nSPS) is 12.2. The zero-order chi connectivity index (χ0) is 12.8. The number of carboxylic acid groups (broad SMARTS) is 1. The Kier molecular flexibility index (Phi) is 5.48. The Bertz CT molecular complexity index is 393. The molecule has 0 saturated carbocycles. The Labute approximate surface area is 110 Å². The number of nitrogens with one attached hydrogen (secondary N) is 1. The molecule has 94 valence electrons. The molecule has 1 aromatic carbocycles. The van der Waals surface area contributed by atoms with E-state index < -0.39 is 5.97 Å². The summed E-state index contributed by atoms with van der Waals surface area (Å²) in [5.41, 5.74) is 2.33. The maximum Gasteiger partial charge on any atom is 0.303 e. The van der Waals surface area contributed by atoms with Crippen LogP contribution in [0.5, 0.6) is 0 Å². The van der Waals surface area contributed by atoms with Crippen molar-refractivity contribution in [2.45, 2.75) is 39.2 Å². The van der Waals surface area contributed by atoms with Crippen molar-refractivity contribution in [2.24, 2.45) is 0 Å². The highest BCUT2D eigenvalue weighted by molar-refractivity contribution is 9.10. The summed E-state index contributed by atoms with van der Waals surface area (Å²) in [7, 11) is 0. The van der Waals surface area contributed by atoms with Crippen LogP contribution >= 0.6 is 15.9 Å². The highest BCUT2D eigenvalue weighted by atomic mass is 79.9. The molecular formula is C13H18BrNO2. The molecule has 0 bridgehead atoms. The lowest BCUT2D eigenvalue weighted by molar-refractivity contribution is -0.137. The van der Waals surface area contributed by atoms with Gasteiger partial charge in [0.05, 0.1) is 0 Å². The number of aryl methyl sites for hydroxylation is 1. The SMILES string of the molecule is CCc1cc(Br)ccc1NC(C)CCC(=O)O. The van der Waals surface area contributed by atoms with Gasteiger partial charge >= 0.3 is 5.97 Å². The van der Waals surface area contributed by atoms with E-state index in [1.54, 1.807) is 0 Å². The van der Waals surface area contributed by atoms with Crippen molar-refractivity contribution in [1.29, 1.82) is 0 Å². The fourth-order valence-corrected chi connectivity index (χ4v) is 2.08. The van der Waals surface area contributed by atoms with Gasteiger partial charge in [-0.15, -0.1) is 0 Å². The molecular weight excluding hydrogens is 282 g/mol. The van der Waals surface area contributed by atoms with E-state index in [0.29, 0.717) is 6.42 Å². The average molecular weight is 300 g/mol. The Hall–Kier alpha value is -1.03. The molecule has 0 saturated heterocycles. The first-order chi connectivity index (χ1) is 8.02. The van der Waals surface area contributed by atoms with Gasteiger partial charge in [0.25, 0.3) is 0 Å². The van der Waals surface area contributed by atoms with E-state index >= 15 is 0 Å². The average Bonchev–Trinajstić information content (AvgIpc) is 2.28. The van der Waals surface area contributed by atoms with Crippen LogP contribution in [-0.2, 0) is 11.2 Å². The molecule has 0 heterocycles. The van der Waals surface area contributed by atoms with Crippen LogP contribution < -0.4 is 5.32 Å². The van der Waals surface area contributed by atoms with Crippen LogP contribution in [0.4, 0.5) is 5.69 Å². The second kappa shape index (κ2) is 6.64. The zero-order valence-electron chi connectivity index (χ0n) is 10.2. The van der Waals surface area contributed by atoms with Crippen LogP contribution in [-0.4, -0.2) is 17.1 Å². The maximum absolute atomic E-state index is 10.5. The highest BCUT2D eigenvalue weighted by Gasteiger charge is 2.07. The minimum atomic E-state index is -0.745. The maximum atomic E-state index is 10.5. The van der Waals surface area contributed by atoms with E-state index in [1.807, 2.05) is 19.1 Å². The van der Waals surface area contributed by atoms with Crippen molar-refractivity contribution < 1.29 is 9.90 Å². The molecule has 0 aromatic heterocycles. The number of halogens is 1. The van der Waals surface area contributed by atoms with Gasteiger partial charge in [-0.05, 0) is 43.5 Å². The van der Waals surface area contributed by atoms with Crippen LogP contribution in [0.1, 0.15) is 32.3 Å². The first kappa shape index (κ1) is 14.0. The molecule has 2 N–H and O–H groups in total. The van der Waals surface area contributed by atoms with Crippen LogP contribution in [0, 0.1) is 0 Å². The van der Waals surface area contributed by atoms with E-state index in [-0.39, 0.29) is 12.5 Å². The Morgan fingerprint density at radius 3 is 2.82 bits per heavy atom. The molecule has 0 amide bonds. The molecule has 3 nitrogen and oxygen atoms in total. The standard InChI is InChI=1S/C13H18BrNO2/c1-3-10-8-11(14)5-6-12(10)15-9(2)4-7-13(16)17/h5-6,8-9,15H,3-4,7H2,1-2H3,(H,16,17). The summed E-state index contributed by atoms with van der Waals surface area (Å²) < 4.78 is 1.07. The Morgan fingerprint density at radius 2 is 2.24 bits per heavy atom. The summed E-state index contributed by atoms with van der Waals surface area (Å²) in [4.78, 5) is 10.5. The summed E-state index contributed by atoms with van der Waals surface area (Å²) in [5, 5.41) is 12.0. The summed E-state index contributed by atoms with van der Waals surface area (Å²) in [6, 6.07) is 6.27. The van der Waals surface area contributed by atoms with Crippen LogP contribution in [0.2, 0.25) is 0 Å². The zero-order valence-corrected chi connectivity index (χ0v) is 11.8. The van der Waals surface area contributed by atoms with Gasteiger partial charge in [-0.3, -0.25) is 4.79 Å². The molecule has 1 rings (SSSR count).